The molecule has 1 atom stereocenters. The molecule has 3 nitrogen and oxygen atoms in total. The minimum absolute atomic E-state index is 0.183. The van der Waals surface area contributed by atoms with Gasteiger partial charge < -0.3 is 10.4 Å². The van der Waals surface area contributed by atoms with Crippen LogP contribution in [0.4, 0.5) is 5.69 Å². The first-order valence-electron chi connectivity index (χ1n) is 5.13. The van der Waals surface area contributed by atoms with Gasteiger partial charge in [-0.1, -0.05) is 12.1 Å². The van der Waals surface area contributed by atoms with E-state index in [9.17, 15) is 4.79 Å². The first kappa shape index (κ1) is 11.6. The van der Waals surface area contributed by atoms with E-state index in [1.807, 2.05) is 32.0 Å². The van der Waals surface area contributed by atoms with Gasteiger partial charge in [0.15, 0.2) is 0 Å². The van der Waals surface area contributed by atoms with E-state index in [1.54, 1.807) is 0 Å². The van der Waals surface area contributed by atoms with Gasteiger partial charge in [-0.2, -0.15) is 0 Å². The fourth-order valence-corrected chi connectivity index (χ4v) is 1.43. The summed E-state index contributed by atoms with van der Waals surface area (Å²) in [6, 6.07) is 8.25. The van der Waals surface area contributed by atoms with E-state index in [4.69, 9.17) is 5.11 Å². The summed E-state index contributed by atoms with van der Waals surface area (Å²) in [5, 5.41) is 11.8. The van der Waals surface area contributed by atoms with Crippen LogP contribution in [-0.2, 0) is 4.79 Å². The van der Waals surface area contributed by atoms with Gasteiger partial charge in [-0.15, -0.1) is 0 Å². The number of benzene rings is 1. The first-order valence-corrected chi connectivity index (χ1v) is 5.13. The fourth-order valence-electron chi connectivity index (χ4n) is 1.43. The van der Waals surface area contributed by atoms with Crippen molar-refractivity contribution in [3.05, 3.63) is 29.8 Å². The molecule has 0 heterocycles. The van der Waals surface area contributed by atoms with Crippen LogP contribution in [0.15, 0.2) is 24.3 Å². The largest absolute Gasteiger partial charge is 0.481 e. The van der Waals surface area contributed by atoms with Crippen molar-refractivity contribution >= 4 is 11.7 Å². The van der Waals surface area contributed by atoms with E-state index in [1.165, 1.54) is 5.56 Å². The van der Waals surface area contributed by atoms with Gasteiger partial charge in [-0.05, 0) is 38.0 Å². The summed E-state index contributed by atoms with van der Waals surface area (Å²) in [5.74, 6) is -0.743. The number of carboxylic acid groups (broad SMARTS) is 1. The molecule has 2 N–H and O–H groups in total. The average Bonchev–Trinajstić information content (AvgIpc) is 2.15. The highest BCUT2D eigenvalue weighted by Crippen LogP contribution is 2.12. The zero-order valence-corrected chi connectivity index (χ0v) is 9.16. The van der Waals surface area contributed by atoms with Gasteiger partial charge in [0.25, 0.3) is 0 Å². The molecule has 0 saturated heterocycles. The lowest BCUT2D eigenvalue weighted by atomic mass is 10.1. The normalized spacial score (nSPS) is 12.1. The number of carbonyl (C=O) groups is 1. The Kier molecular flexibility index (Phi) is 4.16. The Morgan fingerprint density at radius 2 is 2.27 bits per heavy atom. The van der Waals surface area contributed by atoms with Gasteiger partial charge in [-0.25, -0.2) is 0 Å². The molecule has 0 radical (unpaired) electrons. The van der Waals surface area contributed by atoms with Crippen molar-refractivity contribution in [1.29, 1.82) is 0 Å². The molecule has 0 aromatic heterocycles. The molecule has 1 rings (SSSR count). The number of rotatable bonds is 5. The lowest BCUT2D eigenvalue weighted by Gasteiger charge is -2.14. The second-order valence-electron chi connectivity index (χ2n) is 3.85. The minimum atomic E-state index is -0.743. The van der Waals surface area contributed by atoms with Crippen molar-refractivity contribution in [3.63, 3.8) is 0 Å². The molecule has 0 saturated carbocycles. The quantitative estimate of drug-likeness (QED) is 0.780. The predicted molar refractivity (Wildman–Crippen MR) is 61.1 cm³/mol. The minimum Gasteiger partial charge on any atom is -0.481 e. The molecule has 1 aromatic carbocycles. The van der Waals surface area contributed by atoms with Crippen LogP contribution in [0.5, 0.6) is 0 Å². The van der Waals surface area contributed by atoms with Crippen LogP contribution < -0.4 is 5.32 Å². The summed E-state index contributed by atoms with van der Waals surface area (Å²) in [7, 11) is 0. The third-order valence-electron chi connectivity index (χ3n) is 2.22. The van der Waals surface area contributed by atoms with Crippen LogP contribution in [0.1, 0.15) is 25.3 Å². The third kappa shape index (κ3) is 4.49. The third-order valence-corrected chi connectivity index (χ3v) is 2.22. The molecule has 0 aliphatic heterocycles. The summed E-state index contributed by atoms with van der Waals surface area (Å²) in [6.07, 6.45) is 0.850. The number of hydrogen-bond donors (Lipinski definition) is 2. The molecular formula is C12H17NO2. The fraction of sp³-hybridized carbons (Fsp3) is 0.417. The Balaban J connectivity index is 2.44. The molecule has 0 aliphatic carbocycles. The van der Waals surface area contributed by atoms with Crippen LogP contribution in [0.25, 0.3) is 0 Å². The summed E-state index contributed by atoms with van der Waals surface area (Å²) < 4.78 is 0. The number of aliphatic carboxylic acids is 1. The summed E-state index contributed by atoms with van der Waals surface area (Å²) >= 11 is 0. The van der Waals surface area contributed by atoms with Crippen molar-refractivity contribution in [1.82, 2.24) is 0 Å². The van der Waals surface area contributed by atoms with Gasteiger partial charge in [0.1, 0.15) is 0 Å². The SMILES string of the molecule is Cc1cccc(NC(C)CCC(=O)O)c1. The smallest absolute Gasteiger partial charge is 0.303 e. The van der Waals surface area contributed by atoms with Crippen LogP contribution in [0, 0.1) is 6.92 Å². The van der Waals surface area contributed by atoms with Gasteiger partial charge in [0, 0.05) is 18.2 Å². The molecule has 0 aliphatic rings. The summed E-state index contributed by atoms with van der Waals surface area (Å²) in [5.41, 5.74) is 2.25. The summed E-state index contributed by atoms with van der Waals surface area (Å²) in [6.45, 7) is 4.03. The molecule has 1 aromatic rings. The standard InChI is InChI=1S/C12H17NO2/c1-9-4-3-5-11(8-9)13-10(2)6-7-12(14)15/h3-5,8,10,13H,6-7H2,1-2H3,(H,14,15). The number of hydrogen-bond acceptors (Lipinski definition) is 2. The van der Waals surface area contributed by atoms with Gasteiger partial charge in [0.05, 0.1) is 0 Å². The van der Waals surface area contributed by atoms with E-state index in [0.717, 1.165) is 5.69 Å². The van der Waals surface area contributed by atoms with E-state index in [-0.39, 0.29) is 12.5 Å². The highest BCUT2D eigenvalue weighted by Gasteiger charge is 2.04. The van der Waals surface area contributed by atoms with Crippen molar-refractivity contribution in [2.75, 3.05) is 5.32 Å². The monoisotopic (exact) mass is 207 g/mol. The number of carboxylic acids is 1. The molecule has 15 heavy (non-hydrogen) atoms. The van der Waals surface area contributed by atoms with Crippen molar-refractivity contribution in [3.8, 4) is 0 Å². The lowest BCUT2D eigenvalue weighted by molar-refractivity contribution is -0.137. The van der Waals surface area contributed by atoms with Crippen LogP contribution in [0.3, 0.4) is 0 Å². The maximum Gasteiger partial charge on any atom is 0.303 e. The molecule has 3 heteroatoms. The van der Waals surface area contributed by atoms with E-state index in [2.05, 4.69) is 11.4 Å². The van der Waals surface area contributed by atoms with Crippen molar-refractivity contribution in [2.24, 2.45) is 0 Å². The molecule has 0 amide bonds. The second-order valence-corrected chi connectivity index (χ2v) is 3.85. The molecule has 1 unspecified atom stereocenters. The number of anilines is 1. The molecule has 82 valence electrons. The molecule has 0 fully saturated rings. The lowest BCUT2D eigenvalue weighted by Crippen LogP contribution is -2.16. The highest BCUT2D eigenvalue weighted by atomic mass is 16.4. The zero-order valence-electron chi connectivity index (χ0n) is 9.16. The average molecular weight is 207 g/mol. The molecule has 0 bridgehead atoms. The zero-order chi connectivity index (χ0) is 11.3. The predicted octanol–water partition coefficient (Wildman–Crippen LogP) is 2.66. The molecular weight excluding hydrogens is 190 g/mol. The Bertz CT molecular complexity index is 336. The van der Waals surface area contributed by atoms with Gasteiger partial charge >= 0.3 is 5.97 Å². The maximum absolute atomic E-state index is 10.4. The van der Waals surface area contributed by atoms with Crippen LogP contribution in [0.2, 0.25) is 0 Å². The van der Waals surface area contributed by atoms with Crippen LogP contribution in [-0.4, -0.2) is 17.1 Å². The Morgan fingerprint density at radius 3 is 2.87 bits per heavy atom. The second kappa shape index (κ2) is 5.39. The number of aryl methyl sites for hydroxylation is 1. The van der Waals surface area contributed by atoms with Gasteiger partial charge in [-0.3, -0.25) is 4.79 Å². The topological polar surface area (TPSA) is 49.3 Å². The molecule has 0 spiro atoms. The van der Waals surface area contributed by atoms with Crippen molar-refractivity contribution in [2.45, 2.75) is 32.7 Å². The van der Waals surface area contributed by atoms with E-state index < -0.39 is 5.97 Å². The highest BCUT2D eigenvalue weighted by molar-refractivity contribution is 5.66. The van der Waals surface area contributed by atoms with E-state index in [0.29, 0.717) is 6.42 Å². The first-order chi connectivity index (χ1) is 7.08. The van der Waals surface area contributed by atoms with Crippen LogP contribution >= 0.6 is 0 Å². The Hall–Kier alpha value is -1.51. The van der Waals surface area contributed by atoms with Crippen molar-refractivity contribution < 1.29 is 9.90 Å². The van der Waals surface area contributed by atoms with Gasteiger partial charge in [0.2, 0.25) is 0 Å². The summed E-state index contributed by atoms with van der Waals surface area (Å²) in [4.78, 5) is 10.4. The van der Waals surface area contributed by atoms with E-state index >= 15 is 0 Å². The number of nitrogens with one attached hydrogen (secondary N) is 1. The Morgan fingerprint density at radius 1 is 1.53 bits per heavy atom. The maximum atomic E-state index is 10.4. The Labute approximate surface area is 90.1 Å².